The van der Waals surface area contributed by atoms with E-state index in [1.54, 1.807) is 6.07 Å². The van der Waals surface area contributed by atoms with Crippen LogP contribution in [0.3, 0.4) is 0 Å². The molecule has 0 aromatic carbocycles. The fourth-order valence-electron chi connectivity index (χ4n) is 1.20. The monoisotopic (exact) mass is 187 g/mol. The normalized spacial score (nSPS) is 9.14. The fourth-order valence-corrected chi connectivity index (χ4v) is 1.20. The van der Waals surface area contributed by atoms with Crippen molar-refractivity contribution in [3.8, 4) is 6.07 Å². The highest BCUT2D eigenvalue weighted by Gasteiger charge is 2.03. The van der Waals surface area contributed by atoms with Gasteiger partial charge in [-0.2, -0.15) is 5.26 Å². The minimum Gasteiger partial charge on any atom is -0.353 e. The number of rotatable bonds is 4. The molecule has 1 rings (SSSR count). The van der Waals surface area contributed by atoms with E-state index in [0.29, 0.717) is 5.69 Å². The van der Waals surface area contributed by atoms with Gasteiger partial charge in [-0.3, -0.25) is 0 Å². The van der Waals surface area contributed by atoms with Gasteiger partial charge < -0.3 is 4.90 Å². The second-order valence-electron chi connectivity index (χ2n) is 2.82. The number of pyridine rings is 1. The zero-order valence-corrected chi connectivity index (χ0v) is 8.27. The Hall–Kier alpha value is -1.82. The quantitative estimate of drug-likeness (QED) is 0.676. The molecule has 3 heteroatoms. The molecule has 72 valence electrons. The average Bonchev–Trinajstić information content (AvgIpc) is 2.26. The Balaban J connectivity index is 2.93. The summed E-state index contributed by atoms with van der Waals surface area (Å²) in [7, 11) is 0. The third-order valence-corrected chi connectivity index (χ3v) is 1.90. The molecule has 0 unspecified atom stereocenters. The van der Waals surface area contributed by atoms with Crippen LogP contribution >= 0.6 is 0 Å². The van der Waals surface area contributed by atoms with E-state index in [1.807, 2.05) is 36.1 Å². The molecule has 14 heavy (non-hydrogen) atoms. The Bertz CT molecular complexity index is 352. The topological polar surface area (TPSA) is 39.9 Å². The lowest BCUT2D eigenvalue weighted by Crippen LogP contribution is -2.23. The second-order valence-corrected chi connectivity index (χ2v) is 2.82. The van der Waals surface area contributed by atoms with Gasteiger partial charge in [0, 0.05) is 13.1 Å². The fraction of sp³-hybridized carbons (Fsp3) is 0.273. The predicted molar refractivity (Wildman–Crippen MR) is 57.0 cm³/mol. The Morgan fingerprint density at radius 3 is 3.00 bits per heavy atom. The third-order valence-electron chi connectivity index (χ3n) is 1.90. The molecule has 1 heterocycles. The summed E-state index contributed by atoms with van der Waals surface area (Å²) in [5.74, 6) is 0.825. The van der Waals surface area contributed by atoms with E-state index in [4.69, 9.17) is 5.26 Å². The van der Waals surface area contributed by atoms with Crippen molar-refractivity contribution in [3.05, 3.63) is 36.5 Å². The van der Waals surface area contributed by atoms with E-state index < -0.39 is 0 Å². The summed E-state index contributed by atoms with van der Waals surface area (Å²) in [5.41, 5.74) is 0.449. The predicted octanol–water partition coefficient (Wildman–Crippen LogP) is 1.97. The van der Waals surface area contributed by atoms with Gasteiger partial charge >= 0.3 is 0 Å². The van der Waals surface area contributed by atoms with Crippen molar-refractivity contribution in [2.45, 2.75) is 6.92 Å². The molecule has 0 bridgehead atoms. The molecule has 0 N–H and O–H groups in total. The summed E-state index contributed by atoms with van der Waals surface area (Å²) in [6.45, 7) is 7.33. The number of likely N-dealkylation sites (N-methyl/N-ethyl adjacent to an activating group) is 1. The van der Waals surface area contributed by atoms with E-state index >= 15 is 0 Å². The number of anilines is 1. The lowest BCUT2D eigenvalue weighted by molar-refractivity contribution is 0.881. The van der Waals surface area contributed by atoms with Crippen molar-refractivity contribution >= 4 is 5.82 Å². The van der Waals surface area contributed by atoms with Crippen LogP contribution in [-0.2, 0) is 0 Å². The highest BCUT2D eigenvalue weighted by molar-refractivity contribution is 5.41. The van der Waals surface area contributed by atoms with Gasteiger partial charge in [-0.15, -0.1) is 6.58 Å². The molecule has 0 aliphatic rings. The molecular formula is C11H13N3. The maximum absolute atomic E-state index is 8.70. The van der Waals surface area contributed by atoms with E-state index in [-0.39, 0.29) is 0 Å². The molecule has 0 aliphatic carbocycles. The molecular weight excluding hydrogens is 174 g/mol. The minimum atomic E-state index is 0.449. The van der Waals surface area contributed by atoms with Crippen molar-refractivity contribution in [1.82, 2.24) is 4.98 Å². The van der Waals surface area contributed by atoms with Crippen LogP contribution < -0.4 is 4.90 Å². The molecule has 0 saturated carbocycles. The Kier molecular flexibility index (Phi) is 3.69. The Morgan fingerprint density at radius 2 is 2.43 bits per heavy atom. The number of hydrogen-bond donors (Lipinski definition) is 0. The maximum Gasteiger partial charge on any atom is 0.142 e. The molecule has 0 atom stereocenters. The largest absolute Gasteiger partial charge is 0.353 e. The zero-order valence-electron chi connectivity index (χ0n) is 8.27. The number of nitriles is 1. The smallest absolute Gasteiger partial charge is 0.142 e. The summed E-state index contributed by atoms with van der Waals surface area (Å²) >= 11 is 0. The molecule has 0 spiro atoms. The van der Waals surface area contributed by atoms with Crippen molar-refractivity contribution in [1.29, 1.82) is 5.26 Å². The number of aromatic nitrogens is 1. The lowest BCUT2D eigenvalue weighted by atomic mass is 10.3. The molecule has 0 saturated heterocycles. The van der Waals surface area contributed by atoms with Crippen LogP contribution in [0, 0.1) is 11.3 Å². The highest BCUT2D eigenvalue weighted by Crippen LogP contribution is 2.10. The second kappa shape index (κ2) is 5.03. The van der Waals surface area contributed by atoms with Crippen LogP contribution in [0.1, 0.15) is 12.6 Å². The number of hydrogen-bond acceptors (Lipinski definition) is 3. The van der Waals surface area contributed by atoms with Gasteiger partial charge in [-0.25, -0.2) is 4.98 Å². The first-order chi connectivity index (χ1) is 6.81. The number of nitrogens with zero attached hydrogens (tertiary/aromatic N) is 3. The molecule has 0 fully saturated rings. The third kappa shape index (κ3) is 2.33. The van der Waals surface area contributed by atoms with Crippen LogP contribution in [-0.4, -0.2) is 18.1 Å². The van der Waals surface area contributed by atoms with Crippen LogP contribution in [0.25, 0.3) is 0 Å². The highest BCUT2D eigenvalue weighted by atomic mass is 15.2. The van der Waals surface area contributed by atoms with E-state index in [2.05, 4.69) is 11.6 Å². The zero-order chi connectivity index (χ0) is 10.4. The minimum absolute atomic E-state index is 0.449. The summed E-state index contributed by atoms with van der Waals surface area (Å²) in [6, 6.07) is 7.46. The summed E-state index contributed by atoms with van der Waals surface area (Å²) in [5, 5.41) is 8.70. The molecule has 1 aromatic rings. The van der Waals surface area contributed by atoms with Crippen molar-refractivity contribution < 1.29 is 0 Å². The van der Waals surface area contributed by atoms with Crippen LogP contribution in [0.2, 0.25) is 0 Å². The van der Waals surface area contributed by atoms with E-state index in [9.17, 15) is 0 Å². The van der Waals surface area contributed by atoms with Gasteiger partial charge in [-0.05, 0) is 19.1 Å². The van der Waals surface area contributed by atoms with E-state index in [0.717, 1.165) is 18.9 Å². The SMILES string of the molecule is C=CCN(CC)c1cccc(C#N)n1. The first-order valence-electron chi connectivity index (χ1n) is 4.54. The van der Waals surface area contributed by atoms with Gasteiger partial charge in [-0.1, -0.05) is 12.1 Å². The Morgan fingerprint density at radius 1 is 1.64 bits per heavy atom. The Labute approximate surface area is 84.3 Å². The molecule has 0 amide bonds. The first-order valence-corrected chi connectivity index (χ1v) is 4.54. The van der Waals surface area contributed by atoms with Gasteiger partial charge in [0.15, 0.2) is 0 Å². The molecule has 3 nitrogen and oxygen atoms in total. The summed E-state index contributed by atoms with van der Waals surface area (Å²) < 4.78 is 0. The van der Waals surface area contributed by atoms with Gasteiger partial charge in [0.05, 0.1) is 0 Å². The maximum atomic E-state index is 8.70. The lowest BCUT2D eigenvalue weighted by Gasteiger charge is -2.19. The van der Waals surface area contributed by atoms with Crippen molar-refractivity contribution in [3.63, 3.8) is 0 Å². The van der Waals surface area contributed by atoms with Gasteiger partial charge in [0.25, 0.3) is 0 Å². The molecule has 0 aliphatic heterocycles. The summed E-state index contributed by atoms with van der Waals surface area (Å²) in [6.07, 6.45) is 1.82. The standard InChI is InChI=1S/C11H13N3/c1-3-8-14(4-2)11-7-5-6-10(9-12)13-11/h3,5-7H,1,4,8H2,2H3. The van der Waals surface area contributed by atoms with Crippen LogP contribution in [0.15, 0.2) is 30.9 Å². The van der Waals surface area contributed by atoms with Gasteiger partial charge in [0.1, 0.15) is 17.6 Å². The first kappa shape index (κ1) is 10.3. The van der Waals surface area contributed by atoms with Crippen molar-refractivity contribution in [2.75, 3.05) is 18.0 Å². The van der Waals surface area contributed by atoms with E-state index in [1.165, 1.54) is 0 Å². The average molecular weight is 187 g/mol. The van der Waals surface area contributed by atoms with Crippen LogP contribution in [0.5, 0.6) is 0 Å². The van der Waals surface area contributed by atoms with Gasteiger partial charge in [0.2, 0.25) is 0 Å². The molecule has 0 radical (unpaired) electrons. The van der Waals surface area contributed by atoms with Crippen molar-refractivity contribution in [2.24, 2.45) is 0 Å². The van der Waals surface area contributed by atoms with Crippen LogP contribution in [0.4, 0.5) is 5.82 Å². The molecule has 1 aromatic heterocycles. The summed E-state index contributed by atoms with van der Waals surface area (Å²) in [4.78, 5) is 6.25.